The molecule has 1 rings (SSSR count). The molecule has 5 heteroatoms. The third-order valence-corrected chi connectivity index (χ3v) is 3.05. The standard InChI is InChI=1S/C13H14BrNO3/c1-4-13(2,3)12(18)15-10-7-8(14)5-6-9(10)11(16)17/h4-7H,1H2,2-3H3,(H,15,18)(H,16,17). The first-order valence-corrected chi connectivity index (χ1v) is 6.05. The molecule has 18 heavy (non-hydrogen) atoms. The Labute approximate surface area is 114 Å². The highest BCUT2D eigenvalue weighted by Crippen LogP contribution is 2.25. The van der Waals surface area contributed by atoms with Crippen molar-refractivity contribution in [3.05, 3.63) is 40.9 Å². The van der Waals surface area contributed by atoms with Crippen molar-refractivity contribution in [1.82, 2.24) is 0 Å². The van der Waals surface area contributed by atoms with Gasteiger partial charge in [0, 0.05) is 4.47 Å². The summed E-state index contributed by atoms with van der Waals surface area (Å²) in [6.45, 7) is 6.99. The molecule has 0 atom stereocenters. The minimum absolute atomic E-state index is 0.0476. The fraction of sp³-hybridized carbons (Fsp3) is 0.231. The molecule has 0 spiro atoms. The van der Waals surface area contributed by atoms with Gasteiger partial charge in [0.15, 0.2) is 0 Å². The summed E-state index contributed by atoms with van der Waals surface area (Å²) >= 11 is 3.24. The van der Waals surface area contributed by atoms with Crippen LogP contribution >= 0.6 is 15.9 Å². The molecule has 96 valence electrons. The molecule has 0 heterocycles. The number of rotatable bonds is 4. The maximum Gasteiger partial charge on any atom is 0.337 e. The zero-order valence-electron chi connectivity index (χ0n) is 10.2. The van der Waals surface area contributed by atoms with E-state index in [9.17, 15) is 9.59 Å². The van der Waals surface area contributed by atoms with E-state index in [1.54, 1.807) is 26.0 Å². The van der Waals surface area contributed by atoms with Crippen molar-refractivity contribution in [3.63, 3.8) is 0 Å². The van der Waals surface area contributed by atoms with Gasteiger partial charge in [-0.25, -0.2) is 4.79 Å². The van der Waals surface area contributed by atoms with Gasteiger partial charge in [-0.05, 0) is 32.0 Å². The van der Waals surface area contributed by atoms with Gasteiger partial charge in [0.05, 0.1) is 16.7 Å². The van der Waals surface area contributed by atoms with Crippen LogP contribution in [0.4, 0.5) is 5.69 Å². The van der Waals surface area contributed by atoms with E-state index in [-0.39, 0.29) is 17.2 Å². The predicted molar refractivity (Wildman–Crippen MR) is 73.7 cm³/mol. The van der Waals surface area contributed by atoms with Crippen molar-refractivity contribution in [3.8, 4) is 0 Å². The van der Waals surface area contributed by atoms with Gasteiger partial charge in [0.25, 0.3) is 0 Å². The Bertz CT molecular complexity index is 509. The Morgan fingerprint density at radius 3 is 2.56 bits per heavy atom. The molecule has 0 aliphatic carbocycles. The fourth-order valence-electron chi connectivity index (χ4n) is 1.18. The van der Waals surface area contributed by atoms with Crippen molar-refractivity contribution >= 4 is 33.5 Å². The second kappa shape index (κ2) is 5.35. The van der Waals surface area contributed by atoms with Gasteiger partial charge < -0.3 is 10.4 Å². The van der Waals surface area contributed by atoms with Crippen LogP contribution in [0.3, 0.4) is 0 Å². The second-order valence-corrected chi connectivity index (χ2v) is 5.29. The van der Waals surface area contributed by atoms with Gasteiger partial charge in [0.1, 0.15) is 0 Å². The number of benzene rings is 1. The summed E-state index contributed by atoms with van der Waals surface area (Å²) in [5.74, 6) is -1.40. The van der Waals surface area contributed by atoms with Gasteiger partial charge in [-0.15, -0.1) is 6.58 Å². The second-order valence-electron chi connectivity index (χ2n) is 4.37. The maximum atomic E-state index is 12.0. The van der Waals surface area contributed by atoms with Crippen molar-refractivity contribution in [2.45, 2.75) is 13.8 Å². The predicted octanol–water partition coefficient (Wildman–Crippen LogP) is 3.30. The van der Waals surface area contributed by atoms with Crippen LogP contribution in [0.5, 0.6) is 0 Å². The molecule has 0 saturated heterocycles. The Hall–Kier alpha value is -1.62. The number of carboxylic acid groups (broad SMARTS) is 1. The molecule has 0 radical (unpaired) electrons. The van der Waals surface area contributed by atoms with Crippen LogP contribution in [0.1, 0.15) is 24.2 Å². The summed E-state index contributed by atoms with van der Waals surface area (Å²) < 4.78 is 0.694. The zero-order chi connectivity index (χ0) is 13.9. The minimum atomic E-state index is -1.09. The largest absolute Gasteiger partial charge is 0.478 e. The van der Waals surface area contributed by atoms with Gasteiger partial charge in [-0.2, -0.15) is 0 Å². The first-order chi connectivity index (χ1) is 8.27. The topological polar surface area (TPSA) is 66.4 Å². The molecule has 0 aromatic heterocycles. The molecule has 0 fully saturated rings. The van der Waals surface area contributed by atoms with E-state index in [2.05, 4.69) is 27.8 Å². The van der Waals surface area contributed by atoms with Gasteiger partial charge >= 0.3 is 5.97 Å². The van der Waals surface area contributed by atoms with Crippen molar-refractivity contribution in [2.75, 3.05) is 5.32 Å². The molecule has 0 aliphatic rings. The Morgan fingerprint density at radius 1 is 1.44 bits per heavy atom. The summed E-state index contributed by atoms with van der Waals surface area (Å²) in [6, 6.07) is 4.60. The molecule has 1 aromatic rings. The molecular formula is C13H14BrNO3. The highest BCUT2D eigenvalue weighted by Gasteiger charge is 2.25. The SMILES string of the molecule is C=CC(C)(C)C(=O)Nc1cc(Br)ccc1C(=O)O. The average Bonchev–Trinajstić information content (AvgIpc) is 2.28. The summed E-state index contributed by atoms with van der Waals surface area (Å²) in [5, 5.41) is 11.6. The number of anilines is 1. The van der Waals surface area contributed by atoms with E-state index in [0.717, 1.165) is 0 Å². The number of carboxylic acids is 1. The number of amides is 1. The minimum Gasteiger partial charge on any atom is -0.478 e. The Morgan fingerprint density at radius 2 is 2.06 bits per heavy atom. The molecule has 4 nitrogen and oxygen atoms in total. The van der Waals surface area contributed by atoms with E-state index in [1.807, 2.05) is 0 Å². The fourth-order valence-corrected chi connectivity index (χ4v) is 1.54. The molecule has 0 bridgehead atoms. The van der Waals surface area contributed by atoms with Crippen LogP contribution in [0, 0.1) is 5.41 Å². The van der Waals surface area contributed by atoms with E-state index < -0.39 is 11.4 Å². The van der Waals surface area contributed by atoms with Crippen LogP contribution in [0.15, 0.2) is 35.3 Å². The van der Waals surface area contributed by atoms with E-state index in [1.165, 1.54) is 12.1 Å². The van der Waals surface area contributed by atoms with Crippen LogP contribution in [-0.4, -0.2) is 17.0 Å². The Balaban J connectivity index is 3.11. The van der Waals surface area contributed by atoms with Gasteiger partial charge in [-0.1, -0.05) is 22.0 Å². The van der Waals surface area contributed by atoms with E-state index in [0.29, 0.717) is 4.47 Å². The number of hydrogen-bond donors (Lipinski definition) is 2. The number of hydrogen-bond acceptors (Lipinski definition) is 2. The lowest BCUT2D eigenvalue weighted by Gasteiger charge is -2.19. The van der Waals surface area contributed by atoms with Gasteiger partial charge in [-0.3, -0.25) is 4.79 Å². The molecule has 1 aromatic carbocycles. The smallest absolute Gasteiger partial charge is 0.337 e. The maximum absolute atomic E-state index is 12.0. The highest BCUT2D eigenvalue weighted by atomic mass is 79.9. The van der Waals surface area contributed by atoms with Crippen LogP contribution in [0.25, 0.3) is 0 Å². The van der Waals surface area contributed by atoms with E-state index in [4.69, 9.17) is 5.11 Å². The summed E-state index contributed by atoms with van der Waals surface area (Å²) in [7, 11) is 0. The lowest BCUT2D eigenvalue weighted by Crippen LogP contribution is -2.29. The monoisotopic (exact) mass is 311 g/mol. The summed E-state index contributed by atoms with van der Waals surface area (Å²) in [4.78, 5) is 23.0. The van der Waals surface area contributed by atoms with E-state index >= 15 is 0 Å². The quantitative estimate of drug-likeness (QED) is 0.838. The number of nitrogens with one attached hydrogen (secondary N) is 1. The number of aromatic carboxylic acids is 1. The third-order valence-electron chi connectivity index (χ3n) is 2.56. The molecular weight excluding hydrogens is 298 g/mol. The molecule has 1 amide bonds. The lowest BCUT2D eigenvalue weighted by atomic mass is 9.92. The van der Waals surface area contributed by atoms with Crippen molar-refractivity contribution in [1.29, 1.82) is 0 Å². The van der Waals surface area contributed by atoms with Crippen molar-refractivity contribution in [2.24, 2.45) is 5.41 Å². The summed E-state index contributed by atoms with van der Waals surface area (Å²) in [6.07, 6.45) is 1.51. The zero-order valence-corrected chi connectivity index (χ0v) is 11.7. The van der Waals surface area contributed by atoms with Crippen LogP contribution in [-0.2, 0) is 4.79 Å². The third kappa shape index (κ3) is 3.20. The Kier molecular flexibility index (Phi) is 4.29. The number of carbonyl (C=O) groups excluding carboxylic acids is 1. The normalized spacial score (nSPS) is 10.8. The summed E-state index contributed by atoms with van der Waals surface area (Å²) in [5.41, 5.74) is -0.457. The average molecular weight is 312 g/mol. The lowest BCUT2D eigenvalue weighted by molar-refractivity contribution is -0.121. The van der Waals surface area contributed by atoms with Crippen molar-refractivity contribution < 1.29 is 14.7 Å². The number of halogens is 1. The highest BCUT2D eigenvalue weighted by molar-refractivity contribution is 9.10. The van der Waals surface area contributed by atoms with Crippen LogP contribution in [0.2, 0.25) is 0 Å². The molecule has 0 saturated carbocycles. The molecule has 0 unspecified atom stereocenters. The first kappa shape index (κ1) is 14.4. The molecule has 0 aliphatic heterocycles. The number of carbonyl (C=O) groups is 2. The first-order valence-electron chi connectivity index (χ1n) is 5.26. The molecule has 2 N–H and O–H groups in total. The van der Waals surface area contributed by atoms with Gasteiger partial charge in [0.2, 0.25) is 5.91 Å². The van der Waals surface area contributed by atoms with Crippen LogP contribution < -0.4 is 5.32 Å².